The molecule has 0 radical (unpaired) electrons. The van der Waals surface area contributed by atoms with Crippen molar-refractivity contribution >= 4 is 34.3 Å². The molecule has 0 bridgehead atoms. The van der Waals surface area contributed by atoms with E-state index in [4.69, 9.17) is 16.9 Å². The van der Waals surface area contributed by atoms with Gasteiger partial charge in [0.25, 0.3) is 0 Å². The van der Waals surface area contributed by atoms with Crippen molar-refractivity contribution in [2.75, 3.05) is 0 Å². The Balaban J connectivity index is 2.48. The summed E-state index contributed by atoms with van der Waals surface area (Å²) in [6, 6.07) is 5.88. The smallest absolute Gasteiger partial charge is 0.134 e. The van der Waals surface area contributed by atoms with Gasteiger partial charge in [0.15, 0.2) is 0 Å². The van der Waals surface area contributed by atoms with E-state index >= 15 is 0 Å². The van der Waals surface area contributed by atoms with Gasteiger partial charge in [-0.1, -0.05) is 11.6 Å². The summed E-state index contributed by atoms with van der Waals surface area (Å²) in [7, 11) is 0. The van der Waals surface area contributed by atoms with Crippen LogP contribution in [0.5, 0.6) is 0 Å². The van der Waals surface area contributed by atoms with Gasteiger partial charge >= 0.3 is 0 Å². The Morgan fingerprint density at radius 3 is 2.71 bits per heavy atom. The number of nitriles is 1. The molecule has 0 unspecified atom stereocenters. The van der Waals surface area contributed by atoms with Gasteiger partial charge in [0, 0.05) is 0 Å². The van der Waals surface area contributed by atoms with Crippen molar-refractivity contribution in [2.45, 2.75) is 6.92 Å². The number of hydrogen-bond donors (Lipinski definition) is 0. The molecule has 70 valence electrons. The summed E-state index contributed by atoms with van der Waals surface area (Å²) in [5, 5.41) is 9.65. The van der Waals surface area contributed by atoms with Crippen LogP contribution in [0.2, 0.25) is 4.34 Å². The Bertz CT molecular complexity index is 507. The maximum absolute atomic E-state index is 8.78. The molecule has 2 nitrogen and oxygen atoms in total. The SMILES string of the molecule is Cc1nc(-c2ccc(Cl)s2)sc1C#N. The molecule has 0 atom stereocenters. The standard InChI is InChI=1S/C9H5ClN2S2/c1-5-7(4-11)14-9(12-5)6-2-3-8(10)13-6/h2-3H,1H3. The summed E-state index contributed by atoms with van der Waals surface area (Å²) < 4.78 is 0.742. The quantitative estimate of drug-likeness (QED) is 0.762. The third-order valence-electron chi connectivity index (χ3n) is 1.68. The fourth-order valence-corrected chi connectivity index (χ4v) is 3.00. The normalized spacial score (nSPS) is 10.1. The highest BCUT2D eigenvalue weighted by Crippen LogP contribution is 2.34. The van der Waals surface area contributed by atoms with Crippen LogP contribution in [0, 0.1) is 18.3 Å². The van der Waals surface area contributed by atoms with E-state index in [0.29, 0.717) is 4.88 Å². The number of halogens is 1. The van der Waals surface area contributed by atoms with Gasteiger partial charge in [-0.05, 0) is 19.1 Å². The predicted octanol–water partition coefficient (Wildman–Crippen LogP) is 3.71. The molecule has 0 fully saturated rings. The molecule has 0 aliphatic carbocycles. The number of hydrogen-bond acceptors (Lipinski definition) is 4. The van der Waals surface area contributed by atoms with Gasteiger partial charge in [-0.2, -0.15) is 5.26 Å². The second kappa shape index (κ2) is 3.70. The molecule has 2 rings (SSSR count). The van der Waals surface area contributed by atoms with E-state index in [9.17, 15) is 0 Å². The van der Waals surface area contributed by atoms with Crippen molar-refractivity contribution in [1.82, 2.24) is 4.98 Å². The average molecular weight is 241 g/mol. The van der Waals surface area contributed by atoms with Crippen LogP contribution in [0.1, 0.15) is 10.6 Å². The molecule has 2 aromatic rings. The van der Waals surface area contributed by atoms with Crippen LogP contribution >= 0.6 is 34.3 Å². The van der Waals surface area contributed by atoms with Crippen LogP contribution in [0.4, 0.5) is 0 Å². The summed E-state index contributed by atoms with van der Waals surface area (Å²) in [5.74, 6) is 0. The molecule has 0 saturated carbocycles. The molecular weight excluding hydrogens is 236 g/mol. The fraction of sp³-hybridized carbons (Fsp3) is 0.111. The predicted molar refractivity (Wildman–Crippen MR) is 59.9 cm³/mol. The molecular formula is C9H5ClN2S2. The van der Waals surface area contributed by atoms with E-state index in [1.54, 1.807) is 0 Å². The molecule has 14 heavy (non-hydrogen) atoms. The lowest BCUT2D eigenvalue weighted by atomic mass is 10.4. The number of rotatable bonds is 1. The molecule has 0 N–H and O–H groups in total. The second-order valence-corrected chi connectivity index (χ2v) is 5.36. The lowest BCUT2D eigenvalue weighted by Crippen LogP contribution is -1.73. The Labute approximate surface area is 94.4 Å². The Morgan fingerprint density at radius 1 is 1.43 bits per heavy atom. The zero-order chi connectivity index (χ0) is 10.1. The van der Waals surface area contributed by atoms with E-state index in [2.05, 4.69) is 11.1 Å². The van der Waals surface area contributed by atoms with Gasteiger partial charge in [0.2, 0.25) is 0 Å². The minimum Gasteiger partial charge on any atom is -0.239 e. The van der Waals surface area contributed by atoms with E-state index in [1.807, 2.05) is 19.1 Å². The number of aromatic nitrogens is 1. The topological polar surface area (TPSA) is 36.7 Å². The number of nitrogens with zero attached hydrogens (tertiary/aromatic N) is 2. The molecule has 0 amide bonds. The summed E-state index contributed by atoms with van der Waals surface area (Å²) in [6.45, 7) is 1.84. The Hall–Kier alpha value is -0.890. The fourth-order valence-electron chi connectivity index (χ4n) is 1.03. The van der Waals surface area contributed by atoms with Crippen LogP contribution < -0.4 is 0 Å². The van der Waals surface area contributed by atoms with Crippen molar-refractivity contribution < 1.29 is 0 Å². The zero-order valence-electron chi connectivity index (χ0n) is 7.24. The first-order valence-corrected chi connectivity index (χ1v) is 5.85. The van der Waals surface area contributed by atoms with Crippen molar-refractivity contribution in [1.29, 1.82) is 5.26 Å². The highest BCUT2D eigenvalue weighted by Gasteiger charge is 2.10. The van der Waals surface area contributed by atoms with Gasteiger partial charge in [-0.3, -0.25) is 0 Å². The summed E-state index contributed by atoms with van der Waals surface area (Å²) in [6.07, 6.45) is 0. The van der Waals surface area contributed by atoms with Crippen molar-refractivity contribution in [3.8, 4) is 16.0 Å². The van der Waals surface area contributed by atoms with Gasteiger partial charge in [-0.15, -0.1) is 22.7 Å². The molecule has 0 aliphatic rings. The van der Waals surface area contributed by atoms with Gasteiger partial charge in [0.1, 0.15) is 16.0 Å². The first-order valence-electron chi connectivity index (χ1n) is 3.84. The molecule has 2 heterocycles. The van der Waals surface area contributed by atoms with E-state index in [1.165, 1.54) is 22.7 Å². The number of aryl methyl sites for hydroxylation is 1. The molecule has 0 aliphatic heterocycles. The van der Waals surface area contributed by atoms with Crippen LogP contribution in [-0.2, 0) is 0 Å². The van der Waals surface area contributed by atoms with Crippen LogP contribution in [-0.4, -0.2) is 4.98 Å². The second-order valence-electron chi connectivity index (χ2n) is 2.65. The van der Waals surface area contributed by atoms with Crippen LogP contribution in [0.25, 0.3) is 9.88 Å². The third kappa shape index (κ3) is 1.67. The first kappa shape index (κ1) is 9.66. The lowest BCUT2D eigenvalue weighted by molar-refractivity contribution is 1.26. The average Bonchev–Trinajstić information content (AvgIpc) is 2.71. The molecule has 2 aromatic heterocycles. The number of thiophene rings is 1. The molecule has 5 heteroatoms. The summed E-state index contributed by atoms with van der Waals surface area (Å²) >= 11 is 8.70. The lowest BCUT2D eigenvalue weighted by Gasteiger charge is -1.84. The highest BCUT2D eigenvalue weighted by atomic mass is 35.5. The highest BCUT2D eigenvalue weighted by molar-refractivity contribution is 7.24. The Kier molecular flexibility index (Phi) is 2.55. The minimum atomic E-state index is 0.671. The third-order valence-corrected chi connectivity index (χ3v) is 4.14. The zero-order valence-corrected chi connectivity index (χ0v) is 9.63. The van der Waals surface area contributed by atoms with E-state index < -0.39 is 0 Å². The molecule has 0 aromatic carbocycles. The van der Waals surface area contributed by atoms with E-state index in [-0.39, 0.29) is 0 Å². The summed E-state index contributed by atoms with van der Waals surface area (Å²) in [4.78, 5) is 6.00. The first-order chi connectivity index (χ1) is 6.70. The van der Waals surface area contributed by atoms with Crippen molar-refractivity contribution in [2.24, 2.45) is 0 Å². The van der Waals surface area contributed by atoms with E-state index in [0.717, 1.165) is 19.9 Å². The number of thiazole rings is 1. The maximum Gasteiger partial charge on any atom is 0.134 e. The van der Waals surface area contributed by atoms with Gasteiger partial charge in [0.05, 0.1) is 14.9 Å². The van der Waals surface area contributed by atoms with Gasteiger partial charge in [-0.25, -0.2) is 4.98 Å². The van der Waals surface area contributed by atoms with Crippen LogP contribution in [0.15, 0.2) is 12.1 Å². The monoisotopic (exact) mass is 240 g/mol. The largest absolute Gasteiger partial charge is 0.239 e. The van der Waals surface area contributed by atoms with Crippen molar-refractivity contribution in [3.63, 3.8) is 0 Å². The van der Waals surface area contributed by atoms with Crippen LogP contribution in [0.3, 0.4) is 0 Å². The van der Waals surface area contributed by atoms with Crippen molar-refractivity contribution in [3.05, 3.63) is 27.0 Å². The molecule has 0 spiro atoms. The minimum absolute atomic E-state index is 0.671. The maximum atomic E-state index is 8.78. The Morgan fingerprint density at radius 2 is 2.21 bits per heavy atom. The summed E-state index contributed by atoms with van der Waals surface area (Å²) in [5.41, 5.74) is 0.789. The van der Waals surface area contributed by atoms with Gasteiger partial charge < -0.3 is 0 Å². The molecule has 0 saturated heterocycles.